The second kappa shape index (κ2) is 5.88. The summed E-state index contributed by atoms with van der Waals surface area (Å²) in [6.07, 6.45) is 7.30. The van der Waals surface area contributed by atoms with Crippen molar-refractivity contribution in [2.45, 2.75) is 12.5 Å². The van der Waals surface area contributed by atoms with Crippen molar-refractivity contribution in [3.8, 4) is 17.1 Å². The zero-order valence-electron chi connectivity index (χ0n) is 13.8. The molecule has 0 amide bonds. The first kappa shape index (κ1) is 15.1. The first-order valence-electron chi connectivity index (χ1n) is 7.94. The van der Waals surface area contributed by atoms with Crippen LogP contribution in [0.3, 0.4) is 0 Å². The normalized spacial score (nSPS) is 21.2. The molecule has 0 aromatic carbocycles. The van der Waals surface area contributed by atoms with E-state index in [9.17, 15) is 0 Å². The summed E-state index contributed by atoms with van der Waals surface area (Å²) in [7, 11) is 1.88. The second-order valence-corrected chi connectivity index (χ2v) is 6.26. The van der Waals surface area contributed by atoms with Crippen molar-refractivity contribution in [1.29, 1.82) is 0 Å². The number of hydrogen-bond donors (Lipinski definition) is 1. The average Bonchev–Trinajstić information content (AvgIpc) is 3.22. The minimum absolute atomic E-state index is 0.360. The molecule has 1 N–H and O–H groups in total. The molecule has 126 valence electrons. The summed E-state index contributed by atoms with van der Waals surface area (Å²) >= 11 is 0. The van der Waals surface area contributed by atoms with Gasteiger partial charge < -0.3 is 14.8 Å². The fourth-order valence-electron chi connectivity index (χ4n) is 2.78. The maximum Gasteiger partial charge on any atom is 0.240 e. The molecule has 1 fully saturated rings. The van der Waals surface area contributed by atoms with E-state index in [1.165, 1.54) is 0 Å². The quantitative estimate of drug-likeness (QED) is 0.766. The monoisotopic (exact) mass is 328 g/mol. The van der Waals surface area contributed by atoms with Gasteiger partial charge in [-0.25, -0.2) is 9.50 Å². The lowest BCUT2D eigenvalue weighted by Gasteiger charge is -2.33. The van der Waals surface area contributed by atoms with Crippen molar-refractivity contribution in [2.75, 3.05) is 26.3 Å². The zero-order chi connectivity index (χ0) is 16.6. The molecule has 1 saturated heterocycles. The van der Waals surface area contributed by atoms with Crippen LogP contribution in [0.25, 0.3) is 16.8 Å². The van der Waals surface area contributed by atoms with Gasteiger partial charge in [-0.3, -0.25) is 4.68 Å². The van der Waals surface area contributed by atoms with Crippen molar-refractivity contribution in [3.63, 3.8) is 0 Å². The molecule has 24 heavy (non-hydrogen) atoms. The molecule has 0 saturated carbocycles. The Balaban J connectivity index is 1.65. The molecule has 0 spiro atoms. The van der Waals surface area contributed by atoms with Crippen LogP contribution in [0.5, 0.6) is 5.88 Å². The summed E-state index contributed by atoms with van der Waals surface area (Å²) in [6.45, 7) is 4.77. The van der Waals surface area contributed by atoms with Gasteiger partial charge in [0, 0.05) is 31.9 Å². The Hall–Kier alpha value is -2.45. The predicted octanol–water partition coefficient (Wildman–Crippen LogP) is 0.887. The Morgan fingerprint density at radius 3 is 3.04 bits per heavy atom. The lowest BCUT2D eigenvalue weighted by molar-refractivity contribution is -0.0777. The van der Waals surface area contributed by atoms with Gasteiger partial charge in [-0.15, -0.1) is 0 Å². The molecule has 0 aliphatic carbocycles. The molecule has 0 unspecified atom stereocenters. The largest absolute Gasteiger partial charge is 0.473 e. The summed E-state index contributed by atoms with van der Waals surface area (Å²) in [5.41, 5.74) is 2.15. The van der Waals surface area contributed by atoms with E-state index in [4.69, 9.17) is 9.47 Å². The fourth-order valence-corrected chi connectivity index (χ4v) is 2.78. The standard InChI is InChI=1S/C16H20N6O2/c1-16(10-17-5-6-24-16)11-23-15-14-3-4-18-22(14)9-13(20-15)12-7-19-21(2)8-12/h3-4,7-9,17H,5-6,10-11H2,1-2H3/t16-/m0/s1. The van der Waals surface area contributed by atoms with Crippen molar-refractivity contribution >= 4 is 5.52 Å². The third kappa shape index (κ3) is 2.85. The number of aromatic nitrogens is 5. The first-order chi connectivity index (χ1) is 11.6. The Kier molecular flexibility index (Phi) is 3.70. The molecule has 8 nitrogen and oxygen atoms in total. The molecule has 1 atom stereocenters. The summed E-state index contributed by atoms with van der Waals surface area (Å²) in [5.74, 6) is 0.546. The molecule has 3 aromatic rings. The van der Waals surface area contributed by atoms with Crippen molar-refractivity contribution in [2.24, 2.45) is 7.05 Å². The van der Waals surface area contributed by atoms with Crippen molar-refractivity contribution in [1.82, 2.24) is 29.7 Å². The number of hydrogen-bond acceptors (Lipinski definition) is 6. The maximum atomic E-state index is 6.02. The highest BCUT2D eigenvalue weighted by Crippen LogP contribution is 2.25. The Morgan fingerprint density at radius 1 is 1.38 bits per heavy atom. The molecule has 3 aromatic heterocycles. The Labute approximate surface area is 139 Å². The van der Waals surface area contributed by atoms with Crippen molar-refractivity contribution in [3.05, 3.63) is 30.9 Å². The molecule has 0 radical (unpaired) electrons. The smallest absolute Gasteiger partial charge is 0.240 e. The van der Waals surface area contributed by atoms with E-state index in [0.29, 0.717) is 19.1 Å². The average molecular weight is 328 g/mol. The lowest BCUT2D eigenvalue weighted by Crippen LogP contribution is -2.51. The molecule has 8 heteroatoms. The van der Waals surface area contributed by atoms with Gasteiger partial charge in [0.2, 0.25) is 5.88 Å². The van der Waals surface area contributed by atoms with Gasteiger partial charge in [0.15, 0.2) is 0 Å². The van der Waals surface area contributed by atoms with Gasteiger partial charge >= 0.3 is 0 Å². The van der Waals surface area contributed by atoms with Crippen molar-refractivity contribution < 1.29 is 9.47 Å². The Morgan fingerprint density at radius 2 is 2.29 bits per heavy atom. The zero-order valence-corrected chi connectivity index (χ0v) is 13.8. The highest BCUT2D eigenvalue weighted by atomic mass is 16.5. The van der Waals surface area contributed by atoms with Crippen LogP contribution in [0, 0.1) is 0 Å². The predicted molar refractivity (Wildman–Crippen MR) is 87.9 cm³/mol. The lowest BCUT2D eigenvalue weighted by atomic mass is 10.1. The number of aryl methyl sites for hydroxylation is 1. The molecule has 1 aliphatic rings. The highest BCUT2D eigenvalue weighted by molar-refractivity contribution is 5.63. The number of nitrogens with one attached hydrogen (secondary N) is 1. The van der Waals surface area contributed by atoms with Crippen LogP contribution in [-0.2, 0) is 11.8 Å². The van der Waals surface area contributed by atoms with Gasteiger partial charge in [0.25, 0.3) is 0 Å². The van der Waals surface area contributed by atoms with Crippen LogP contribution in [0.2, 0.25) is 0 Å². The topological polar surface area (TPSA) is 78.5 Å². The van der Waals surface area contributed by atoms with Gasteiger partial charge in [-0.1, -0.05) is 0 Å². The van der Waals surface area contributed by atoms with E-state index in [2.05, 4.69) is 20.5 Å². The van der Waals surface area contributed by atoms with E-state index in [0.717, 1.165) is 29.9 Å². The van der Waals surface area contributed by atoms with E-state index in [1.54, 1.807) is 21.6 Å². The summed E-state index contributed by atoms with van der Waals surface area (Å²) in [4.78, 5) is 4.66. The molecule has 0 bridgehead atoms. The van der Waals surface area contributed by atoms with Gasteiger partial charge in [-0.2, -0.15) is 10.2 Å². The molecule has 1 aliphatic heterocycles. The van der Waals surface area contributed by atoms with E-state index < -0.39 is 0 Å². The molecule has 4 rings (SSSR count). The maximum absolute atomic E-state index is 6.02. The number of ether oxygens (including phenoxy) is 2. The second-order valence-electron chi connectivity index (χ2n) is 6.26. The first-order valence-corrected chi connectivity index (χ1v) is 7.94. The minimum Gasteiger partial charge on any atom is -0.473 e. The van der Waals surface area contributed by atoms with E-state index in [1.807, 2.05) is 32.4 Å². The van der Waals surface area contributed by atoms with Crippen LogP contribution >= 0.6 is 0 Å². The Bertz CT molecular complexity index is 849. The van der Waals surface area contributed by atoms with Crippen LogP contribution in [0.4, 0.5) is 0 Å². The fraction of sp³-hybridized carbons (Fsp3) is 0.438. The number of fused-ring (bicyclic) bond motifs is 1. The van der Waals surface area contributed by atoms with Gasteiger partial charge in [-0.05, 0) is 13.0 Å². The minimum atomic E-state index is -0.360. The van der Waals surface area contributed by atoms with E-state index >= 15 is 0 Å². The van der Waals surface area contributed by atoms with Gasteiger partial charge in [0.1, 0.15) is 17.7 Å². The SMILES string of the molecule is Cn1cc(-c2cn3nccc3c(OC[C@]3(C)CNCCO3)n2)cn1. The van der Waals surface area contributed by atoms with E-state index in [-0.39, 0.29) is 5.60 Å². The summed E-state index contributed by atoms with van der Waals surface area (Å²) in [6, 6.07) is 1.89. The highest BCUT2D eigenvalue weighted by Gasteiger charge is 2.29. The molecular formula is C16H20N6O2. The third-order valence-corrected chi connectivity index (χ3v) is 4.10. The number of morpholine rings is 1. The van der Waals surface area contributed by atoms with Gasteiger partial charge in [0.05, 0.1) is 30.9 Å². The van der Waals surface area contributed by atoms with Crippen LogP contribution < -0.4 is 10.1 Å². The molecule has 4 heterocycles. The summed E-state index contributed by atoms with van der Waals surface area (Å²) in [5, 5.41) is 11.8. The third-order valence-electron chi connectivity index (χ3n) is 4.10. The van der Waals surface area contributed by atoms with Crippen LogP contribution in [0.15, 0.2) is 30.9 Å². The number of rotatable bonds is 4. The molecular weight excluding hydrogens is 308 g/mol. The number of nitrogens with zero attached hydrogens (tertiary/aromatic N) is 5. The summed E-state index contributed by atoms with van der Waals surface area (Å²) < 4.78 is 15.4. The van der Waals surface area contributed by atoms with Crippen LogP contribution in [0.1, 0.15) is 6.92 Å². The van der Waals surface area contributed by atoms with Crippen LogP contribution in [-0.4, -0.2) is 56.3 Å².